The van der Waals surface area contributed by atoms with E-state index in [1.807, 2.05) is 36.4 Å². The molecule has 186 valence electrons. The van der Waals surface area contributed by atoms with Gasteiger partial charge in [-0.1, -0.05) is 42.5 Å². The molecule has 3 aromatic carbocycles. The van der Waals surface area contributed by atoms with E-state index in [9.17, 15) is 13.5 Å². The quantitative estimate of drug-likeness (QED) is 0.383. The van der Waals surface area contributed by atoms with Crippen molar-refractivity contribution in [3.63, 3.8) is 0 Å². The first-order valence-corrected chi connectivity index (χ1v) is 13.6. The number of nitrogens with one attached hydrogen (secondary N) is 1. The molecule has 1 saturated heterocycles. The monoisotopic (exact) mass is 502 g/mol. The van der Waals surface area contributed by atoms with Crippen LogP contribution in [0, 0.1) is 0 Å². The normalized spacial score (nSPS) is 15.7. The Balaban J connectivity index is 1.34. The lowest BCUT2D eigenvalue weighted by Gasteiger charge is -2.37. The summed E-state index contributed by atoms with van der Waals surface area (Å²) in [7, 11) is -3.78. The van der Waals surface area contributed by atoms with Crippen LogP contribution < -0.4 is 9.62 Å². The summed E-state index contributed by atoms with van der Waals surface area (Å²) in [5.74, 6) is 0.192. The van der Waals surface area contributed by atoms with Gasteiger partial charge in [0.15, 0.2) is 0 Å². The number of phenols is 1. The summed E-state index contributed by atoms with van der Waals surface area (Å²) in [6, 6.07) is 24.0. The number of phenolic OH excluding ortho intramolecular Hbond substituents is 1. The smallest absolute Gasteiger partial charge is 0.241 e. The van der Waals surface area contributed by atoms with Crippen molar-refractivity contribution in [3.05, 3.63) is 96.8 Å². The Morgan fingerprint density at radius 3 is 2.39 bits per heavy atom. The Kier molecular flexibility index (Phi) is 7.18. The molecule has 1 fully saturated rings. The zero-order valence-electron chi connectivity index (χ0n) is 20.0. The van der Waals surface area contributed by atoms with Crippen molar-refractivity contribution in [3.8, 4) is 5.75 Å². The molecule has 2 N–H and O–H groups in total. The number of aromatic nitrogens is 1. The number of anilines is 1. The van der Waals surface area contributed by atoms with Crippen molar-refractivity contribution < 1.29 is 13.5 Å². The topological polar surface area (TPSA) is 85.8 Å². The number of sulfonamides is 1. The van der Waals surface area contributed by atoms with E-state index in [4.69, 9.17) is 0 Å². The molecule has 1 atom stereocenters. The van der Waals surface area contributed by atoms with E-state index in [-0.39, 0.29) is 16.7 Å². The van der Waals surface area contributed by atoms with E-state index >= 15 is 0 Å². The highest BCUT2D eigenvalue weighted by Gasteiger charge is 2.26. The highest BCUT2D eigenvalue weighted by atomic mass is 32.2. The summed E-state index contributed by atoms with van der Waals surface area (Å²) < 4.78 is 30.2. The lowest BCUT2D eigenvalue weighted by molar-refractivity contribution is 0.236. The largest absolute Gasteiger partial charge is 0.508 e. The molecule has 1 unspecified atom stereocenters. The standard InChI is InChI=1S/C28H30N4O3S/c33-26-11-9-22(10-12-26)19-24(21-31-15-17-32(18-16-31)25-6-2-1-3-7-25)30-36(34,35)28-8-4-5-23-20-29-14-13-27(23)28/h1-14,20,24,30,33H,15-19,21H2. The molecule has 36 heavy (non-hydrogen) atoms. The van der Waals surface area contributed by atoms with Gasteiger partial charge in [-0.15, -0.1) is 0 Å². The van der Waals surface area contributed by atoms with E-state index in [1.54, 1.807) is 42.7 Å². The van der Waals surface area contributed by atoms with Crippen LogP contribution in [0.3, 0.4) is 0 Å². The predicted octanol–water partition coefficient (Wildman–Crippen LogP) is 3.65. The summed E-state index contributed by atoms with van der Waals surface area (Å²) in [5.41, 5.74) is 2.18. The lowest BCUT2D eigenvalue weighted by atomic mass is 10.1. The van der Waals surface area contributed by atoms with Crippen LogP contribution in [0.15, 0.2) is 96.2 Å². The second-order valence-corrected chi connectivity index (χ2v) is 10.8. The van der Waals surface area contributed by atoms with E-state index < -0.39 is 10.0 Å². The number of nitrogens with zero attached hydrogens (tertiary/aromatic N) is 3. The van der Waals surface area contributed by atoms with Crippen molar-refractivity contribution in [1.82, 2.24) is 14.6 Å². The molecule has 8 heteroatoms. The average Bonchev–Trinajstić information content (AvgIpc) is 2.90. The highest BCUT2D eigenvalue weighted by molar-refractivity contribution is 7.89. The van der Waals surface area contributed by atoms with Crippen LogP contribution in [0.1, 0.15) is 5.56 Å². The fraction of sp³-hybridized carbons (Fsp3) is 0.250. The molecular weight excluding hydrogens is 472 g/mol. The molecule has 4 aromatic rings. The number of hydrogen-bond donors (Lipinski definition) is 2. The fourth-order valence-corrected chi connectivity index (χ4v) is 6.27. The third-order valence-corrected chi connectivity index (χ3v) is 8.22. The lowest BCUT2D eigenvalue weighted by Crippen LogP contribution is -2.52. The van der Waals surface area contributed by atoms with Gasteiger partial charge in [-0.3, -0.25) is 9.88 Å². The number of piperazine rings is 1. The van der Waals surface area contributed by atoms with Gasteiger partial charge in [0.05, 0.1) is 4.90 Å². The molecule has 1 aliphatic heterocycles. The molecule has 5 rings (SSSR count). The van der Waals surface area contributed by atoms with Crippen LogP contribution >= 0.6 is 0 Å². The van der Waals surface area contributed by atoms with Crippen molar-refractivity contribution in [2.75, 3.05) is 37.6 Å². The number of aromatic hydroxyl groups is 1. The minimum Gasteiger partial charge on any atom is -0.508 e. The van der Waals surface area contributed by atoms with Crippen molar-refractivity contribution in [2.24, 2.45) is 0 Å². The number of para-hydroxylation sites is 1. The van der Waals surface area contributed by atoms with Gasteiger partial charge in [-0.05, 0) is 48.4 Å². The Morgan fingerprint density at radius 1 is 0.889 bits per heavy atom. The van der Waals surface area contributed by atoms with Crippen molar-refractivity contribution in [2.45, 2.75) is 17.4 Å². The van der Waals surface area contributed by atoms with E-state index in [0.29, 0.717) is 18.4 Å². The van der Waals surface area contributed by atoms with Crippen LogP contribution in [0.25, 0.3) is 10.8 Å². The average molecular weight is 503 g/mol. The summed E-state index contributed by atoms with van der Waals surface area (Å²) in [5, 5.41) is 11.1. The zero-order valence-corrected chi connectivity index (χ0v) is 20.8. The van der Waals surface area contributed by atoms with Crippen LogP contribution in [0.5, 0.6) is 5.75 Å². The molecule has 0 radical (unpaired) electrons. The van der Waals surface area contributed by atoms with Crippen molar-refractivity contribution in [1.29, 1.82) is 0 Å². The van der Waals surface area contributed by atoms with Crippen molar-refractivity contribution >= 4 is 26.5 Å². The van der Waals surface area contributed by atoms with E-state index in [0.717, 1.165) is 37.1 Å². The number of fused-ring (bicyclic) bond motifs is 1. The summed E-state index contributed by atoms with van der Waals surface area (Å²) in [6.45, 7) is 4.07. The summed E-state index contributed by atoms with van der Waals surface area (Å²) in [6.07, 6.45) is 3.81. The Labute approximate surface area is 212 Å². The number of benzene rings is 3. The van der Waals surface area contributed by atoms with Crippen LogP contribution in [0.4, 0.5) is 5.69 Å². The molecule has 0 aliphatic carbocycles. The first kappa shape index (κ1) is 24.2. The Bertz CT molecular complexity index is 1400. The van der Waals surface area contributed by atoms with Gasteiger partial charge in [0.1, 0.15) is 5.75 Å². The fourth-order valence-electron chi connectivity index (χ4n) is 4.81. The molecule has 7 nitrogen and oxygen atoms in total. The molecule has 0 spiro atoms. The van der Waals surface area contributed by atoms with E-state index in [1.165, 1.54) is 5.69 Å². The molecule has 1 aromatic heterocycles. The number of pyridine rings is 1. The molecular formula is C28H30N4O3S. The van der Waals surface area contributed by atoms with Gasteiger partial charge in [0.25, 0.3) is 0 Å². The minimum atomic E-state index is -3.78. The summed E-state index contributed by atoms with van der Waals surface area (Å²) in [4.78, 5) is 9.06. The third kappa shape index (κ3) is 5.67. The zero-order chi connectivity index (χ0) is 25.0. The van der Waals surface area contributed by atoms with Gasteiger partial charge in [0.2, 0.25) is 10.0 Å². The third-order valence-electron chi connectivity index (χ3n) is 6.64. The Hall–Kier alpha value is -3.46. The van der Waals surface area contributed by atoms with Crippen LogP contribution in [0.2, 0.25) is 0 Å². The maximum atomic E-state index is 13.6. The molecule has 1 aliphatic rings. The first-order chi connectivity index (χ1) is 17.5. The molecule has 2 heterocycles. The van der Waals surface area contributed by atoms with Gasteiger partial charge >= 0.3 is 0 Å². The second kappa shape index (κ2) is 10.7. The minimum absolute atomic E-state index is 0.192. The maximum Gasteiger partial charge on any atom is 0.241 e. The molecule has 0 bridgehead atoms. The number of rotatable bonds is 8. The van der Waals surface area contributed by atoms with Gasteiger partial charge < -0.3 is 10.0 Å². The van der Waals surface area contributed by atoms with Crippen LogP contribution in [-0.2, 0) is 16.4 Å². The highest BCUT2D eigenvalue weighted by Crippen LogP contribution is 2.23. The second-order valence-electron chi connectivity index (χ2n) is 9.16. The molecule has 0 saturated carbocycles. The van der Waals surface area contributed by atoms with E-state index in [2.05, 4.69) is 31.6 Å². The van der Waals surface area contributed by atoms with Gasteiger partial charge in [0, 0.05) is 67.6 Å². The summed E-state index contributed by atoms with van der Waals surface area (Å²) >= 11 is 0. The SMILES string of the molecule is O=S(=O)(NC(Cc1ccc(O)cc1)CN1CCN(c2ccccc2)CC1)c1cccc2cnccc12. The van der Waals surface area contributed by atoms with Crippen LogP contribution in [-0.4, -0.2) is 62.2 Å². The first-order valence-electron chi connectivity index (χ1n) is 12.1. The Morgan fingerprint density at radius 2 is 1.64 bits per heavy atom. The van der Waals surface area contributed by atoms with Gasteiger partial charge in [-0.25, -0.2) is 13.1 Å². The maximum absolute atomic E-state index is 13.6. The predicted molar refractivity (Wildman–Crippen MR) is 143 cm³/mol. The number of hydrogen-bond acceptors (Lipinski definition) is 6. The molecule has 0 amide bonds. The van der Waals surface area contributed by atoms with Gasteiger partial charge in [-0.2, -0.15) is 0 Å².